The Morgan fingerprint density at radius 2 is 2.12 bits per heavy atom. The van der Waals surface area contributed by atoms with Gasteiger partial charge < -0.3 is 0 Å². The van der Waals surface area contributed by atoms with Crippen LogP contribution in [-0.2, 0) is 0 Å². The molecule has 2 aromatic rings. The zero-order chi connectivity index (χ0) is 11.2. The predicted octanol–water partition coefficient (Wildman–Crippen LogP) is 2.95. The Morgan fingerprint density at radius 1 is 1.31 bits per heavy atom. The van der Waals surface area contributed by atoms with Gasteiger partial charge in [-0.3, -0.25) is 9.89 Å². The smallest absolute Gasteiger partial charge is 0.223 e. The molecule has 1 N–H and O–H groups in total. The van der Waals surface area contributed by atoms with Crippen LogP contribution >= 0.6 is 11.8 Å². The van der Waals surface area contributed by atoms with E-state index in [1.807, 2.05) is 24.3 Å². The van der Waals surface area contributed by atoms with Crippen LogP contribution in [0.5, 0.6) is 0 Å². The SMILES string of the molecule is O=C(S/C=C/c1cn[nH]c1)c1ccccc1. The summed E-state index contributed by atoms with van der Waals surface area (Å²) in [6.07, 6.45) is 5.31. The molecule has 0 bridgehead atoms. The van der Waals surface area contributed by atoms with Gasteiger partial charge in [-0.25, -0.2) is 0 Å². The second-order valence-electron chi connectivity index (χ2n) is 3.11. The van der Waals surface area contributed by atoms with E-state index >= 15 is 0 Å². The zero-order valence-corrected chi connectivity index (χ0v) is 9.28. The minimum absolute atomic E-state index is 0.0420. The van der Waals surface area contributed by atoms with Gasteiger partial charge in [-0.2, -0.15) is 5.10 Å². The molecule has 0 aliphatic carbocycles. The van der Waals surface area contributed by atoms with Crippen LogP contribution in [0.15, 0.2) is 48.1 Å². The van der Waals surface area contributed by atoms with E-state index < -0.39 is 0 Å². The lowest BCUT2D eigenvalue weighted by Crippen LogP contribution is -1.89. The number of carbonyl (C=O) groups is 1. The Bertz CT molecular complexity index is 477. The van der Waals surface area contributed by atoms with Gasteiger partial charge in [0.25, 0.3) is 0 Å². The van der Waals surface area contributed by atoms with Crippen molar-refractivity contribution in [2.75, 3.05) is 0 Å². The quantitative estimate of drug-likeness (QED) is 0.881. The molecule has 4 heteroatoms. The summed E-state index contributed by atoms with van der Waals surface area (Å²) < 4.78 is 0. The summed E-state index contributed by atoms with van der Waals surface area (Å²) in [7, 11) is 0. The van der Waals surface area contributed by atoms with E-state index in [9.17, 15) is 4.79 Å². The number of H-pyrrole nitrogens is 1. The first kappa shape index (κ1) is 10.7. The fourth-order valence-corrected chi connectivity index (χ4v) is 1.79. The number of benzene rings is 1. The van der Waals surface area contributed by atoms with E-state index in [1.54, 1.807) is 29.9 Å². The molecular formula is C12H10N2OS. The first-order chi connectivity index (χ1) is 7.86. The zero-order valence-electron chi connectivity index (χ0n) is 8.46. The Morgan fingerprint density at radius 3 is 2.81 bits per heavy atom. The largest absolute Gasteiger partial charge is 0.285 e. The van der Waals surface area contributed by atoms with E-state index in [-0.39, 0.29) is 5.12 Å². The molecule has 16 heavy (non-hydrogen) atoms. The van der Waals surface area contributed by atoms with Gasteiger partial charge in [0.2, 0.25) is 5.12 Å². The third kappa shape index (κ3) is 2.84. The molecule has 0 saturated carbocycles. The van der Waals surface area contributed by atoms with Gasteiger partial charge in [-0.15, -0.1) is 0 Å². The predicted molar refractivity (Wildman–Crippen MR) is 66.0 cm³/mol. The van der Waals surface area contributed by atoms with Gasteiger partial charge in [0.15, 0.2) is 0 Å². The summed E-state index contributed by atoms with van der Waals surface area (Å²) in [5.74, 6) is 0. The second-order valence-corrected chi connectivity index (χ2v) is 3.98. The van der Waals surface area contributed by atoms with Gasteiger partial charge in [-0.1, -0.05) is 42.1 Å². The van der Waals surface area contributed by atoms with Crippen molar-refractivity contribution in [2.45, 2.75) is 0 Å². The molecule has 0 fully saturated rings. The Labute approximate surface area is 97.6 Å². The van der Waals surface area contributed by atoms with Gasteiger partial charge in [-0.05, 0) is 11.5 Å². The van der Waals surface area contributed by atoms with Crippen LogP contribution in [0, 0.1) is 0 Å². The summed E-state index contributed by atoms with van der Waals surface area (Å²) in [5.41, 5.74) is 1.66. The van der Waals surface area contributed by atoms with Crippen molar-refractivity contribution in [3.8, 4) is 0 Å². The number of hydrogen-bond donors (Lipinski definition) is 1. The minimum Gasteiger partial charge on any atom is -0.285 e. The van der Waals surface area contributed by atoms with Crippen molar-refractivity contribution in [2.24, 2.45) is 0 Å². The number of hydrogen-bond acceptors (Lipinski definition) is 3. The average Bonchev–Trinajstić information content (AvgIpc) is 2.83. The van der Waals surface area contributed by atoms with Crippen molar-refractivity contribution in [1.82, 2.24) is 10.2 Å². The first-order valence-electron chi connectivity index (χ1n) is 4.77. The molecule has 0 unspecified atom stereocenters. The average molecular weight is 230 g/mol. The van der Waals surface area contributed by atoms with Crippen LogP contribution in [0.4, 0.5) is 0 Å². The molecule has 2 rings (SSSR count). The van der Waals surface area contributed by atoms with E-state index in [1.165, 1.54) is 11.8 Å². The van der Waals surface area contributed by atoms with Gasteiger partial charge in [0.1, 0.15) is 0 Å². The fraction of sp³-hybridized carbons (Fsp3) is 0. The van der Waals surface area contributed by atoms with Crippen molar-refractivity contribution < 1.29 is 4.79 Å². The lowest BCUT2D eigenvalue weighted by Gasteiger charge is -1.94. The van der Waals surface area contributed by atoms with E-state index in [0.717, 1.165) is 5.56 Å². The molecule has 0 amide bonds. The molecular weight excluding hydrogens is 220 g/mol. The topological polar surface area (TPSA) is 45.8 Å². The number of nitrogens with zero attached hydrogens (tertiary/aromatic N) is 1. The van der Waals surface area contributed by atoms with Crippen LogP contribution in [-0.4, -0.2) is 15.3 Å². The van der Waals surface area contributed by atoms with Crippen LogP contribution < -0.4 is 0 Å². The summed E-state index contributed by atoms with van der Waals surface area (Å²) in [4.78, 5) is 11.7. The first-order valence-corrected chi connectivity index (χ1v) is 5.65. The maximum atomic E-state index is 11.7. The maximum absolute atomic E-state index is 11.7. The minimum atomic E-state index is 0.0420. The van der Waals surface area contributed by atoms with Gasteiger partial charge >= 0.3 is 0 Å². The van der Waals surface area contributed by atoms with Gasteiger partial charge in [0, 0.05) is 17.3 Å². The summed E-state index contributed by atoms with van der Waals surface area (Å²) >= 11 is 1.17. The monoisotopic (exact) mass is 230 g/mol. The van der Waals surface area contributed by atoms with Crippen molar-refractivity contribution in [1.29, 1.82) is 0 Å². The van der Waals surface area contributed by atoms with Crippen LogP contribution in [0.3, 0.4) is 0 Å². The van der Waals surface area contributed by atoms with Crippen molar-refractivity contribution >= 4 is 23.0 Å². The molecule has 0 atom stereocenters. The summed E-state index contributed by atoms with van der Waals surface area (Å²) in [5, 5.41) is 8.32. The lowest BCUT2D eigenvalue weighted by molar-refractivity contribution is 0.109. The number of rotatable bonds is 3. The molecule has 0 radical (unpaired) electrons. The second kappa shape index (κ2) is 5.32. The Balaban J connectivity index is 1.94. The fourth-order valence-electron chi connectivity index (χ4n) is 1.17. The highest BCUT2D eigenvalue weighted by Gasteiger charge is 2.02. The number of nitrogens with one attached hydrogen (secondary N) is 1. The van der Waals surface area contributed by atoms with E-state index in [0.29, 0.717) is 5.56 Å². The summed E-state index contributed by atoms with van der Waals surface area (Å²) in [6, 6.07) is 9.21. The molecule has 0 aliphatic heterocycles. The normalized spacial score (nSPS) is 10.8. The third-order valence-electron chi connectivity index (χ3n) is 1.96. The standard InChI is InChI=1S/C12H10N2OS/c15-12(11-4-2-1-3-5-11)16-7-6-10-8-13-14-9-10/h1-9H,(H,13,14)/b7-6+. The maximum Gasteiger partial charge on any atom is 0.223 e. The molecule has 3 nitrogen and oxygen atoms in total. The van der Waals surface area contributed by atoms with Crippen LogP contribution in [0.25, 0.3) is 6.08 Å². The van der Waals surface area contributed by atoms with Crippen LogP contribution in [0.1, 0.15) is 15.9 Å². The Hall–Kier alpha value is -1.81. The molecule has 0 aliphatic rings. The van der Waals surface area contributed by atoms with Crippen molar-refractivity contribution in [3.63, 3.8) is 0 Å². The Kier molecular flexibility index (Phi) is 3.56. The van der Waals surface area contributed by atoms with Gasteiger partial charge in [0.05, 0.1) is 6.20 Å². The highest BCUT2D eigenvalue weighted by atomic mass is 32.2. The number of thioether (sulfide) groups is 1. The third-order valence-corrected chi connectivity index (χ3v) is 2.69. The summed E-state index contributed by atoms with van der Waals surface area (Å²) in [6.45, 7) is 0. The molecule has 1 aromatic heterocycles. The molecule has 1 aromatic carbocycles. The highest BCUT2D eigenvalue weighted by molar-refractivity contribution is 8.16. The molecule has 80 valence electrons. The number of aromatic amines is 1. The number of aromatic nitrogens is 2. The van der Waals surface area contributed by atoms with E-state index in [2.05, 4.69) is 10.2 Å². The van der Waals surface area contributed by atoms with E-state index in [4.69, 9.17) is 0 Å². The molecule has 0 saturated heterocycles. The van der Waals surface area contributed by atoms with Crippen LogP contribution in [0.2, 0.25) is 0 Å². The lowest BCUT2D eigenvalue weighted by atomic mass is 10.2. The highest BCUT2D eigenvalue weighted by Crippen LogP contribution is 2.14. The molecule has 0 spiro atoms. The molecule has 1 heterocycles. The van der Waals surface area contributed by atoms with Crippen molar-refractivity contribution in [3.05, 3.63) is 59.3 Å². The number of carbonyl (C=O) groups excluding carboxylic acids is 1.